The molecule has 0 radical (unpaired) electrons. The molecule has 1 aromatic heterocycles. The van der Waals surface area contributed by atoms with Crippen LogP contribution in [-0.2, 0) is 9.59 Å². The van der Waals surface area contributed by atoms with Crippen LogP contribution >= 0.6 is 12.4 Å². The minimum absolute atomic E-state index is 0. The summed E-state index contributed by atoms with van der Waals surface area (Å²) in [6.07, 6.45) is 3.90. The zero-order valence-corrected chi connectivity index (χ0v) is 15.2. The topological polar surface area (TPSA) is 96.3 Å². The second-order valence-corrected chi connectivity index (χ2v) is 6.61. The van der Waals surface area contributed by atoms with Crippen LogP contribution in [0.3, 0.4) is 0 Å². The highest BCUT2D eigenvalue weighted by molar-refractivity contribution is 6.08. The van der Waals surface area contributed by atoms with E-state index in [1.165, 1.54) is 4.90 Å². The highest BCUT2D eigenvalue weighted by Crippen LogP contribution is 2.18. The highest BCUT2D eigenvalue weighted by Gasteiger charge is 2.40. The van der Waals surface area contributed by atoms with E-state index >= 15 is 0 Å². The lowest BCUT2D eigenvalue weighted by Gasteiger charge is -2.22. The van der Waals surface area contributed by atoms with Crippen LogP contribution in [0.25, 0.3) is 0 Å². The van der Waals surface area contributed by atoms with Gasteiger partial charge in [-0.25, -0.2) is 0 Å². The SMILES string of the molecule is CC(C)N1C(=O)CC(NC(=O)c2ccn(C3CCCNC3)n2)C1=O.Cl. The average molecular weight is 370 g/mol. The predicted octanol–water partition coefficient (Wildman–Crippen LogP) is 0.495. The number of imide groups is 1. The second kappa shape index (κ2) is 7.97. The van der Waals surface area contributed by atoms with E-state index in [9.17, 15) is 14.4 Å². The number of nitrogens with one attached hydrogen (secondary N) is 2. The van der Waals surface area contributed by atoms with Crippen molar-refractivity contribution in [2.24, 2.45) is 0 Å². The summed E-state index contributed by atoms with van der Waals surface area (Å²) in [6, 6.07) is 0.885. The minimum atomic E-state index is -0.797. The monoisotopic (exact) mass is 369 g/mol. The van der Waals surface area contributed by atoms with E-state index in [0.29, 0.717) is 0 Å². The Balaban J connectivity index is 0.00000225. The summed E-state index contributed by atoms with van der Waals surface area (Å²) in [7, 11) is 0. The molecule has 2 aliphatic rings. The Labute approximate surface area is 152 Å². The lowest BCUT2D eigenvalue weighted by molar-refractivity contribution is -0.140. The molecule has 2 fully saturated rings. The van der Waals surface area contributed by atoms with Crippen LogP contribution in [0.5, 0.6) is 0 Å². The zero-order chi connectivity index (χ0) is 17.3. The molecule has 9 heteroatoms. The van der Waals surface area contributed by atoms with Crippen molar-refractivity contribution >= 4 is 30.1 Å². The van der Waals surface area contributed by atoms with Crippen molar-refractivity contribution in [3.8, 4) is 0 Å². The molecule has 0 spiro atoms. The third-order valence-corrected chi connectivity index (χ3v) is 4.49. The summed E-state index contributed by atoms with van der Waals surface area (Å²) in [5.74, 6) is -1.02. The Bertz CT molecular complexity index is 654. The smallest absolute Gasteiger partial charge is 0.272 e. The lowest BCUT2D eigenvalue weighted by atomic mass is 10.1. The molecule has 0 aliphatic carbocycles. The van der Waals surface area contributed by atoms with E-state index in [1.54, 1.807) is 30.8 Å². The first kappa shape index (κ1) is 19.4. The lowest BCUT2D eigenvalue weighted by Crippen LogP contribution is -2.44. The Morgan fingerprint density at radius 2 is 2.16 bits per heavy atom. The minimum Gasteiger partial charge on any atom is -0.338 e. The van der Waals surface area contributed by atoms with Crippen LogP contribution in [0.1, 0.15) is 49.6 Å². The van der Waals surface area contributed by atoms with Crippen molar-refractivity contribution < 1.29 is 14.4 Å². The molecule has 2 atom stereocenters. The van der Waals surface area contributed by atoms with Gasteiger partial charge in [-0.15, -0.1) is 12.4 Å². The number of likely N-dealkylation sites (tertiary alicyclic amines) is 1. The number of piperidine rings is 1. The van der Waals surface area contributed by atoms with E-state index in [1.807, 2.05) is 0 Å². The number of aromatic nitrogens is 2. The van der Waals surface area contributed by atoms with Gasteiger partial charge in [-0.1, -0.05) is 0 Å². The molecule has 8 nitrogen and oxygen atoms in total. The number of nitrogens with zero attached hydrogens (tertiary/aromatic N) is 3. The number of hydrogen-bond donors (Lipinski definition) is 2. The van der Waals surface area contributed by atoms with Crippen molar-refractivity contribution in [1.82, 2.24) is 25.3 Å². The largest absolute Gasteiger partial charge is 0.338 e. The molecule has 2 unspecified atom stereocenters. The van der Waals surface area contributed by atoms with Gasteiger partial charge in [0, 0.05) is 18.8 Å². The van der Waals surface area contributed by atoms with Crippen LogP contribution in [0.2, 0.25) is 0 Å². The second-order valence-electron chi connectivity index (χ2n) is 6.61. The number of halogens is 1. The summed E-state index contributed by atoms with van der Waals surface area (Å²) < 4.78 is 1.79. The van der Waals surface area contributed by atoms with Crippen LogP contribution in [0, 0.1) is 0 Å². The summed E-state index contributed by atoms with van der Waals surface area (Å²) in [5.41, 5.74) is 0.267. The van der Waals surface area contributed by atoms with Gasteiger partial charge >= 0.3 is 0 Å². The normalized spacial score (nSPS) is 23.7. The molecule has 3 heterocycles. The number of rotatable bonds is 4. The molecule has 0 bridgehead atoms. The summed E-state index contributed by atoms with van der Waals surface area (Å²) in [6.45, 7) is 5.40. The maximum atomic E-state index is 12.3. The Kier molecular flexibility index (Phi) is 6.18. The molecule has 25 heavy (non-hydrogen) atoms. The molecule has 138 valence electrons. The molecule has 0 aromatic carbocycles. The molecular formula is C16H24ClN5O3. The first-order chi connectivity index (χ1) is 11.5. The standard InChI is InChI=1S/C16H23N5O3.ClH/c1-10(2)21-14(22)8-13(16(21)24)18-15(23)12-5-7-20(19-12)11-4-3-6-17-9-11;/h5,7,10-11,13,17H,3-4,6,8-9H2,1-2H3,(H,18,23);1H. The fourth-order valence-corrected chi connectivity index (χ4v) is 3.26. The maximum absolute atomic E-state index is 12.3. The van der Waals surface area contributed by atoms with Crippen LogP contribution < -0.4 is 10.6 Å². The van der Waals surface area contributed by atoms with Crippen LogP contribution in [0.15, 0.2) is 12.3 Å². The van der Waals surface area contributed by atoms with Crippen molar-refractivity contribution in [2.75, 3.05) is 13.1 Å². The fraction of sp³-hybridized carbons (Fsp3) is 0.625. The first-order valence-electron chi connectivity index (χ1n) is 8.40. The van der Waals surface area contributed by atoms with Gasteiger partial charge in [-0.2, -0.15) is 5.10 Å². The molecule has 0 saturated carbocycles. The summed E-state index contributed by atoms with van der Waals surface area (Å²) in [4.78, 5) is 37.7. The van der Waals surface area contributed by atoms with Gasteiger partial charge in [-0.05, 0) is 39.3 Å². The van der Waals surface area contributed by atoms with Crippen molar-refractivity contribution in [3.63, 3.8) is 0 Å². The Morgan fingerprint density at radius 1 is 1.40 bits per heavy atom. The fourth-order valence-electron chi connectivity index (χ4n) is 3.26. The number of carbonyl (C=O) groups is 3. The third-order valence-electron chi connectivity index (χ3n) is 4.49. The molecule has 3 rings (SSSR count). The Hall–Kier alpha value is -1.93. The van der Waals surface area contributed by atoms with Gasteiger partial charge in [0.15, 0.2) is 0 Å². The van der Waals surface area contributed by atoms with Crippen molar-refractivity contribution in [2.45, 2.75) is 51.2 Å². The maximum Gasteiger partial charge on any atom is 0.272 e. The van der Waals surface area contributed by atoms with Gasteiger partial charge in [0.25, 0.3) is 11.8 Å². The molecule has 2 aliphatic heterocycles. The quantitative estimate of drug-likeness (QED) is 0.753. The average Bonchev–Trinajstić information content (AvgIpc) is 3.14. The van der Waals surface area contributed by atoms with E-state index < -0.39 is 11.9 Å². The molecule has 2 saturated heterocycles. The van der Waals surface area contributed by atoms with Gasteiger partial charge in [0.2, 0.25) is 5.91 Å². The molecule has 1 aromatic rings. The van der Waals surface area contributed by atoms with Crippen LogP contribution in [0.4, 0.5) is 0 Å². The molecule has 3 amide bonds. The third kappa shape index (κ3) is 4.01. The van der Waals surface area contributed by atoms with Gasteiger partial charge in [0.05, 0.1) is 12.5 Å². The number of amides is 3. The van der Waals surface area contributed by atoms with E-state index in [-0.39, 0.29) is 48.4 Å². The van der Waals surface area contributed by atoms with Gasteiger partial charge in [-0.3, -0.25) is 24.0 Å². The summed E-state index contributed by atoms with van der Waals surface area (Å²) in [5, 5.41) is 10.3. The predicted molar refractivity (Wildman–Crippen MR) is 93.5 cm³/mol. The van der Waals surface area contributed by atoms with Crippen LogP contribution in [-0.4, -0.2) is 57.6 Å². The number of hydrogen-bond acceptors (Lipinski definition) is 5. The van der Waals surface area contributed by atoms with Crippen molar-refractivity contribution in [3.05, 3.63) is 18.0 Å². The first-order valence-corrected chi connectivity index (χ1v) is 8.40. The number of carbonyl (C=O) groups excluding carboxylic acids is 3. The molecular weight excluding hydrogens is 346 g/mol. The van der Waals surface area contributed by atoms with Crippen molar-refractivity contribution in [1.29, 1.82) is 0 Å². The molecule has 2 N–H and O–H groups in total. The van der Waals surface area contributed by atoms with Gasteiger partial charge in [0.1, 0.15) is 11.7 Å². The zero-order valence-electron chi connectivity index (χ0n) is 14.4. The van der Waals surface area contributed by atoms with Gasteiger partial charge < -0.3 is 10.6 Å². The summed E-state index contributed by atoms with van der Waals surface area (Å²) >= 11 is 0. The van der Waals surface area contributed by atoms with E-state index in [4.69, 9.17) is 0 Å². The highest BCUT2D eigenvalue weighted by atomic mass is 35.5. The Morgan fingerprint density at radius 3 is 2.76 bits per heavy atom. The van der Waals surface area contributed by atoms with E-state index in [0.717, 1.165) is 25.9 Å². The van der Waals surface area contributed by atoms with E-state index in [2.05, 4.69) is 15.7 Å².